The molecule has 34 heavy (non-hydrogen) atoms. The first-order valence-corrected chi connectivity index (χ1v) is 13.5. The number of sulfonamides is 1. The van der Waals surface area contributed by atoms with Crippen LogP contribution >= 0.6 is 11.3 Å². The third kappa shape index (κ3) is 4.57. The molecule has 0 saturated carbocycles. The number of carbonyl (C=O) groups excluding carboxylic acids is 2. The SMILES string of the molecule is CCOC(=O)c1ccc2c(c1)sc(=NC(=O)C1CCCN1S(=O)(=O)c1ccc(C)cc1)n2CC. The van der Waals surface area contributed by atoms with Gasteiger partial charge in [0.25, 0.3) is 5.91 Å². The molecule has 4 rings (SSSR count). The Balaban J connectivity index is 1.69. The summed E-state index contributed by atoms with van der Waals surface area (Å²) in [5.41, 5.74) is 2.24. The van der Waals surface area contributed by atoms with Crippen LogP contribution in [-0.2, 0) is 26.1 Å². The molecule has 1 amide bonds. The number of rotatable bonds is 6. The molecule has 1 atom stereocenters. The molecule has 180 valence electrons. The molecule has 3 aromatic rings. The van der Waals surface area contributed by atoms with E-state index in [1.54, 1.807) is 43.3 Å². The number of ether oxygens (including phenoxy) is 1. The minimum absolute atomic E-state index is 0.176. The predicted octanol–water partition coefficient (Wildman–Crippen LogP) is 3.49. The number of thiazole rings is 1. The van der Waals surface area contributed by atoms with Crippen LogP contribution in [0.25, 0.3) is 10.2 Å². The molecule has 0 radical (unpaired) electrons. The highest BCUT2D eigenvalue weighted by molar-refractivity contribution is 7.89. The predicted molar refractivity (Wildman–Crippen MR) is 130 cm³/mol. The number of fused-ring (bicyclic) bond motifs is 1. The number of aryl methyl sites for hydroxylation is 2. The number of carbonyl (C=O) groups is 2. The lowest BCUT2D eigenvalue weighted by atomic mass is 10.2. The lowest BCUT2D eigenvalue weighted by Crippen LogP contribution is -2.40. The van der Waals surface area contributed by atoms with Gasteiger partial charge in [0.2, 0.25) is 10.0 Å². The fourth-order valence-electron chi connectivity index (χ4n) is 4.09. The number of benzene rings is 2. The van der Waals surface area contributed by atoms with Crippen LogP contribution in [0, 0.1) is 6.92 Å². The number of hydrogen-bond acceptors (Lipinski definition) is 6. The summed E-state index contributed by atoms with van der Waals surface area (Å²) in [7, 11) is -3.81. The fourth-order valence-corrected chi connectivity index (χ4v) is 6.88. The number of hydrogen-bond donors (Lipinski definition) is 0. The summed E-state index contributed by atoms with van der Waals surface area (Å²) in [4.78, 5) is 30.3. The van der Waals surface area contributed by atoms with Gasteiger partial charge in [0.05, 0.1) is 27.3 Å². The van der Waals surface area contributed by atoms with Crippen LogP contribution in [0.2, 0.25) is 0 Å². The van der Waals surface area contributed by atoms with Crippen molar-refractivity contribution in [3.05, 3.63) is 58.4 Å². The van der Waals surface area contributed by atoms with Crippen molar-refractivity contribution in [1.82, 2.24) is 8.87 Å². The Kier molecular flexibility index (Phi) is 7.01. The number of esters is 1. The first kappa shape index (κ1) is 24.3. The van der Waals surface area contributed by atoms with Crippen LogP contribution in [0.3, 0.4) is 0 Å². The lowest BCUT2D eigenvalue weighted by Gasteiger charge is -2.21. The molecule has 8 nitrogen and oxygen atoms in total. The van der Waals surface area contributed by atoms with Gasteiger partial charge in [-0.25, -0.2) is 13.2 Å². The van der Waals surface area contributed by atoms with E-state index in [4.69, 9.17) is 4.74 Å². The second-order valence-corrected chi connectivity index (χ2v) is 11.0. The second-order valence-electron chi connectivity index (χ2n) is 8.07. The van der Waals surface area contributed by atoms with E-state index in [1.165, 1.54) is 15.6 Å². The van der Waals surface area contributed by atoms with Gasteiger partial charge in [0, 0.05) is 13.1 Å². The van der Waals surface area contributed by atoms with Crippen LogP contribution in [0.15, 0.2) is 52.4 Å². The Morgan fingerprint density at radius 1 is 1.15 bits per heavy atom. The minimum atomic E-state index is -3.81. The van der Waals surface area contributed by atoms with E-state index in [0.29, 0.717) is 29.8 Å². The van der Waals surface area contributed by atoms with Gasteiger partial charge in [-0.15, -0.1) is 0 Å². The van der Waals surface area contributed by atoms with Crippen molar-refractivity contribution >= 4 is 43.5 Å². The zero-order chi connectivity index (χ0) is 24.5. The summed E-state index contributed by atoms with van der Waals surface area (Å²) in [6.07, 6.45) is 1.03. The molecular weight excluding hydrogens is 474 g/mol. The molecule has 1 aliphatic rings. The van der Waals surface area contributed by atoms with Gasteiger partial charge < -0.3 is 9.30 Å². The molecule has 1 saturated heterocycles. The van der Waals surface area contributed by atoms with Gasteiger partial charge in [-0.1, -0.05) is 29.0 Å². The zero-order valence-electron chi connectivity index (χ0n) is 19.4. The maximum absolute atomic E-state index is 13.2. The van der Waals surface area contributed by atoms with Crippen molar-refractivity contribution in [2.24, 2.45) is 4.99 Å². The summed E-state index contributed by atoms with van der Waals surface area (Å²) in [5.74, 6) is -0.883. The van der Waals surface area contributed by atoms with E-state index in [2.05, 4.69) is 4.99 Å². The fraction of sp³-hybridized carbons (Fsp3) is 0.375. The Morgan fingerprint density at radius 3 is 2.56 bits per heavy atom. The quantitative estimate of drug-likeness (QED) is 0.482. The smallest absolute Gasteiger partial charge is 0.338 e. The Bertz CT molecular complexity index is 1400. The molecule has 2 aromatic carbocycles. The average molecular weight is 502 g/mol. The van der Waals surface area contributed by atoms with Gasteiger partial charge in [0.15, 0.2) is 4.80 Å². The van der Waals surface area contributed by atoms with Gasteiger partial charge in [-0.3, -0.25) is 4.79 Å². The van der Waals surface area contributed by atoms with Gasteiger partial charge in [0.1, 0.15) is 6.04 Å². The second kappa shape index (κ2) is 9.81. The Morgan fingerprint density at radius 2 is 1.88 bits per heavy atom. The van der Waals surface area contributed by atoms with E-state index in [9.17, 15) is 18.0 Å². The highest BCUT2D eigenvalue weighted by Crippen LogP contribution is 2.27. The van der Waals surface area contributed by atoms with E-state index >= 15 is 0 Å². The first-order chi connectivity index (χ1) is 16.3. The van der Waals surface area contributed by atoms with Crippen LogP contribution in [0.5, 0.6) is 0 Å². The molecule has 1 aromatic heterocycles. The molecule has 0 aliphatic carbocycles. The maximum Gasteiger partial charge on any atom is 0.338 e. The summed E-state index contributed by atoms with van der Waals surface area (Å²) in [6, 6.07) is 11.0. The summed E-state index contributed by atoms with van der Waals surface area (Å²) in [6.45, 7) is 6.72. The van der Waals surface area contributed by atoms with Crippen molar-refractivity contribution in [3.63, 3.8) is 0 Å². The van der Waals surface area contributed by atoms with Crippen LogP contribution in [-0.4, -0.2) is 48.4 Å². The molecule has 0 N–H and O–H groups in total. The van der Waals surface area contributed by atoms with Crippen molar-refractivity contribution in [1.29, 1.82) is 0 Å². The van der Waals surface area contributed by atoms with Crippen LogP contribution < -0.4 is 4.80 Å². The molecule has 1 aliphatic heterocycles. The molecule has 0 bridgehead atoms. The van der Waals surface area contributed by atoms with Crippen LogP contribution in [0.1, 0.15) is 42.6 Å². The third-order valence-electron chi connectivity index (χ3n) is 5.83. The zero-order valence-corrected chi connectivity index (χ0v) is 21.0. The topological polar surface area (TPSA) is 98.0 Å². The van der Waals surface area contributed by atoms with Gasteiger partial charge in [-0.2, -0.15) is 9.30 Å². The Hall–Kier alpha value is -2.82. The number of nitrogens with zero attached hydrogens (tertiary/aromatic N) is 3. The van der Waals surface area contributed by atoms with E-state index < -0.39 is 27.9 Å². The number of amides is 1. The van der Waals surface area contributed by atoms with E-state index in [0.717, 1.165) is 15.8 Å². The van der Waals surface area contributed by atoms with Gasteiger partial charge in [-0.05, 0) is 63.9 Å². The molecule has 10 heteroatoms. The summed E-state index contributed by atoms with van der Waals surface area (Å²) < 4.78 is 35.5. The average Bonchev–Trinajstić information content (AvgIpc) is 3.44. The molecule has 2 heterocycles. The van der Waals surface area contributed by atoms with E-state index in [-0.39, 0.29) is 18.0 Å². The highest BCUT2D eigenvalue weighted by Gasteiger charge is 2.39. The number of aromatic nitrogens is 1. The third-order valence-corrected chi connectivity index (χ3v) is 8.80. The maximum atomic E-state index is 13.2. The largest absolute Gasteiger partial charge is 0.462 e. The monoisotopic (exact) mass is 501 g/mol. The van der Waals surface area contributed by atoms with E-state index in [1.807, 2.05) is 24.5 Å². The Labute approximate surface area is 202 Å². The minimum Gasteiger partial charge on any atom is -0.462 e. The van der Waals surface area contributed by atoms with Crippen molar-refractivity contribution in [3.8, 4) is 0 Å². The summed E-state index contributed by atoms with van der Waals surface area (Å²) in [5, 5.41) is 0. The first-order valence-electron chi connectivity index (χ1n) is 11.2. The summed E-state index contributed by atoms with van der Waals surface area (Å²) >= 11 is 1.29. The van der Waals surface area contributed by atoms with Crippen LogP contribution in [0.4, 0.5) is 0 Å². The molecule has 1 fully saturated rings. The highest BCUT2D eigenvalue weighted by atomic mass is 32.2. The molecule has 0 spiro atoms. The molecular formula is C24H27N3O5S2. The van der Waals surface area contributed by atoms with Gasteiger partial charge >= 0.3 is 5.97 Å². The lowest BCUT2D eigenvalue weighted by molar-refractivity contribution is -0.121. The standard InChI is InChI=1S/C24H27N3O5S2/c1-4-26-19-13-10-17(23(29)32-5-2)15-21(19)33-24(26)25-22(28)20-7-6-14-27(20)34(30,31)18-11-8-16(3)9-12-18/h8-13,15,20H,4-7,14H2,1-3H3. The molecule has 1 unspecified atom stereocenters. The normalized spacial score (nSPS) is 17.4. The van der Waals surface area contributed by atoms with Crippen molar-refractivity contribution in [2.75, 3.05) is 13.2 Å². The van der Waals surface area contributed by atoms with Crippen molar-refractivity contribution in [2.45, 2.75) is 51.1 Å². The van der Waals surface area contributed by atoms with Crippen molar-refractivity contribution < 1.29 is 22.7 Å².